The molecule has 0 amide bonds. The van der Waals surface area contributed by atoms with Crippen molar-refractivity contribution in [3.63, 3.8) is 0 Å². The third kappa shape index (κ3) is 3.54. The van der Waals surface area contributed by atoms with Crippen molar-refractivity contribution in [2.45, 2.75) is 65.0 Å². The molecule has 1 N–H and O–H groups in total. The van der Waals surface area contributed by atoms with Crippen LogP contribution in [0, 0.1) is 24.2 Å². The molecule has 0 radical (unpaired) electrons. The highest BCUT2D eigenvalue weighted by atomic mass is 15.0. The van der Waals surface area contributed by atoms with E-state index in [1.807, 2.05) is 0 Å². The number of hydrogen-bond acceptors (Lipinski definition) is 1. The lowest BCUT2D eigenvalue weighted by Crippen LogP contribution is -2.50. The van der Waals surface area contributed by atoms with Crippen LogP contribution >= 0.6 is 0 Å². The molecule has 1 heteroatoms. The Morgan fingerprint density at radius 3 is 2.40 bits per heavy atom. The maximum Gasteiger partial charge on any atom is 0.0743 e. The van der Waals surface area contributed by atoms with Gasteiger partial charge in [0, 0.05) is 6.04 Å². The molecule has 0 bridgehead atoms. The minimum absolute atomic E-state index is 0.158. The lowest BCUT2D eigenvalue weighted by atomic mass is 9.77. The molecule has 2 atom stereocenters. The highest BCUT2D eigenvalue weighted by Gasteiger charge is 2.30. The van der Waals surface area contributed by atoms with Gasteiger partial charge < -0.3 is 0 Å². The second-order valence-electron chi connectivity index (χ2n) is 5.71. The molecule has 0 aromatic carbocycles. The first kappa shape index (κ1) is 12.6. The van der Waals surface area contributed by atoms with Crippen molar-refractivity contribution in [3.8, 4) is 12.3 Å². The quantitative estimate of drug-likeness (QED) is 0.701. The van der Waals surface area contributed by atoms with Crippen LogP contribution in [0.5, 0.6) is 0 Å². The molecular formula is C14H25N. The van der Waals surface area contributed by atoms with E-state index in [0.29, 0.717) is 6.04 Å². The van der Waals surface area contributed by atoms with E-state index in [2.05, 4.69) is 38.9 Å². The lowest BCUT2D eigenvalue weighted by Gasteiger charge is -2.38. The van der Waals surface area contributed by atoms with Crippen molar-refractivity contribution in [1.82, 2.24) is 5.32 Å². The molecule has 2 unspecified atom stereocenters. The van der Waals surface area contributed by atoms with Gasteiger partial charge in [0.15, 0.2) is 0 Å². The maximum atomic E-state index is 5.53. The van der Waals surface area contributed by atoms with Crippen molar-refractivity contribution in [3.05, 3.63) is 0 Å². The number of hydrogen-bond donors (Lipinski definition) is 1. The third-order valence-corrected chi connectivity index (χ3v) is 3.58. The standard InChI is InChI=1S/C14H25N/c1-6-14(4,5)15-13-10-8-7-9-12(13)11(2)3/h1,11-13,15H,7-10H2,2-5H3. The van der Waals surface area contributed by atoms with Gasteiger partial charge in [-0.3, -0.25) is 5.32 Å². The first-order valence-electron chi connectivity index (χ1n) is 6.22. The predicted molar refractivity (Wildman–Crippen MR) is 66.6 cm³/mol. The molecular weight excluding hydrogens is 182 g/mol. The van der Waals surface area contributed by atoms with Gasteiger partial charge in [-0.25, -0.2) is 0 Å². The van der Waals surface area contributed by atoms with E-state index in [-0.39, 0.29) is 5.54 Å². The summed E-state index contributed by atoms with van der Waals surface area (Å²) in [5.41, 5.74) is -0.158. The molecule has 1 fully saturated rings. The SMILES string of the molecule is C#CC(C)(C)NC1CCCCC1C(C)C. The number of terminal acetylenes is 1. The fourth-order valence-corrected chi connectivity index (χ4v) is 2.64. The molecule has 0 spiro atoms. The predicted octanol–water partition coefficient (Wildman–Crippen LogP) is 3.20. The summed E-state index contributed by atoms with van der Waals surface area (Å²) in [6, 6.07) is 0.616. The summed E-state index contributed by atoms with van der Waals surface area (Å²) in [5, 5.41) is 3.64. The molecule has 1 aliphatic carbocycles. The zero-order chi connectivity index (χ0) is 11.5. The van der Waals surface area contributed by atoms with Crippen LogP contribution in [-0.4, -0.2) is 11.6 Å². The molecule has 1 nitrogen and oxygen atoms in total. The topological polar surface area (TPSA) is 12.0 Å². The summed E-state index contributed by atoms with van der Waals surface area (Å²) in [6.45, 7) is 8.85. The van der Waals surface area contributed by atoms with E-state index in [9.17, 15) is 0 Å². The van der Waals surface area contributed by atoms with E-state index in [0.717, 1.165) is 11.8 Å². The van der Waals surface area contributed by atoms with Gasteiger partial charge in [-0.05, 0) is 38.5 Å². The molecule has 0 aliphatic heterocycles. The largest absolute Gasteiger partial charge is 0.299 e. The fraction of sp³-hybridized carbons (Fsp3) is 0.857. The van der Waals surface area contributed by atoms with Crippen molar-refractivity contribution < 1.29 is 0 Å². The molecule has 1 aliphatic rings. The van der Waals surface area contributed by atoms with Crippen molar-refractivity contribution in [2.75, 3.05) is 0 Å². The van der Waals surface area contributed by atoms with Gasteiger partial charge in [0.2, 0.25) is 0 Å². The Labute approximate surface area is 95.0 Å². The average Bonchev–Trinajstić information content (AvgIpc) is 2.18. The van der Waals surface area contributed by atoms with Gasteiger partial charge in [-0.15, -0.1) is 6.42 Å². The summed E-state index contributed by atoms with van der Waals surface area (Å²) in [4.78, 5) is 0. The van der Waals surface area contributed by atoms with Crippen LogP contribution in [0.3, 0.4) is 0 Å². The summed E-state index contributed by atoms with van der Waals surface area (Å²) >= 11 is 0. The molecule has 1 saturated carbocycles. The van der Waals surface area contributed by atoms with Crippen LogP contribution in [0.15, 0.2) is 0 Å². The van der Waals surface area contributed by atoms with Crippen LogP contribution in [-0.2, 0) is 0 Å². The van der Waals surface area contributed by atoms with E-state index in [1.165, 1.54) is 25.7 Å². The Morgan fingerprint density at radius 2 is 1.87 bits per heavy atom. The van der Waals surface area contributed by atoms with Gasteiger partial charge in [0.25, 0.3) is 0 Å². The summed E-state index contributed by atoms with van der Waals surface area (Å²) in [5.74, 6) is 4.40. The minimum Gasteiger partial charge on any atom is -0.299 e. The number of nitrogens with one attached hydrogen (secondary N) is 1. The minimum atomic E-state index is -0.158. The van der Waals surface area contributed by atoms with E-state index in [4.69, 9.17) is 6.42 Å². The number of rotatable bonds is 3. The second kappa shape index (κ2) is 5.03. The van der Waals surface area contributed by atoms with Gasteiger partial charge in [-0.1, -0.05) is 32.6 Å². The highest BCUT2D eigenvalue weighted by Crippen LogP contribution is 2.31. The van der Waals surface area contributed by atoms with Gasteiger partial charge in [0.1, 0.15) is 0 Å². The Morgan fingerprint density at radius 1 is 1.27 bits per heavy atom. The zero-order valence-electron chi connectivity index (χ0n) is 10.6. The Bertz CT molecular complexity index is 234. The first-order chi connectivity index (χ1) is 6.96. The first-order valence-corrected chi connectivity index (χ1v) is 6.22. The summed E-state index contributed by atoms with van der Waals surface area (Å²) in [7, 11) is 0. The zero-order valence-corrected chi connectivity index (χ0v) is 10.6. The molecule has 0 aromatic heterocycles. The van der Waals surface area contributed by atoms with Gasteiger partial charge in [0.05, 0.1) is 5.54 Å². The van der Waals surface area contributed by atoms with Crippen LogP contribution in [0.25, 0.3) is 0 Å². The molecule has 0 aromatic rings. The summed E-state index contributed by atoms with van der Waals surface area (Å²) in [6.07, 6.45) is 10.9. The Balaban J connectivity index is 2.62. The highest BCUT2D eigenvalue weighted by molar-refractivity contribution is 5.09. The monoisotopic (exact) mass is 207 g/mol. The van der Waals surface area contributed by atoms with Crippen LogP contribution < -0.4 is 5.32 Å². The Hall–Kier alpha value is -0.480. The second-order valence-corrected chi connectivity index (χ2v) is 5.71. The molecule has 1 rings (SSSR count). The third-order valence-electron chi connectivity index (χ3n) is 3.58. The van der Waals surface area contributed by atoms with Crippen LogP contribution in [0.1, 0.15) is 53.4 Å². The van der Waals surface area contributed by atoms with Crippen LogP contribution in [0.2, 0.25) is 0 Å². The van der Waals surface area contributed by atoms with Gasteiger partial charge in [-0.2, -0.15) is 0 Å². The van der Waals surface area contributed by atoms with Crippen LogP contribution in [0.4, 0.5) is 0 Å². The fourth-order valence-electron chi connectivity index (χ4n) is 2.64. The lowest BCUT2D eigenvalue weighted by molar-refractivity contribution is 0.185. The smallest absolute Gasteiger partial charge is 0.0743 e. The molecule has 15 heavy (non-hydrogen) atoms. The molecule has 0 heterocycles. The van der Waals surface area contributed by atoms with Gasteiger partial charge >= 0.3 is 0 Å². The van der Waals surface area contributed by atoms with Crippen molar-refractivity contribution in [2.24, 2.45) is 11.8 Å². The Kier molecular flexibility index (Phi) is 4.22. The van der Waals surface area contributed by atoms with Crippen molar-refractivity contribution >= 4 is 0 Å². The van der Waals surface area contributed by atoms with E-state index in [1.54, 1.807) is 0 Å². The van der Waals surface area contributed by atoms with Crippen molar-refractivity contribution in [1.29, 1.82) is 0 Å². The summed E-state index contributed by atoms with van der Waals surface area (Å²) < 4.78 is 0. The normalized spacial score (nSPS) is 27.7. The molecule has 86 valence electrons. The molecule has 0 saturated heterocycles. The van der Waals surface area contributed by atoms with E-state index < -0.39 is 0 Å². The average molecular weight is 207 g/mol. The van der Waals surface area contributed by atoms with E-state index >= 15 is 0 Å². The maximum absolute atomic E-state index is 5.53.